The second kappa shape index (κ2) is 7.44. The highest BCUT2D eigenvalue weighted by atomic mass is 16.5. The van der Waals surface area contributed by atoms with Gasteiger partial charge in [-0.25, -0.2) is 0 Å². The summed E-state index contributed by atoms with van der Waals surface area (Å²) in [7, 11) is 1.59. The Kier molecular flexibility index (Phi) is 5.07. The zero-order valence-electron chi connectivity index (χ0n) is 15.1. The third-order valence-corrected chi connectivity index (χ3v) is 4.38. The molecule has 0 bridgehead atoms. The van der Waals surface area contributed by atoms with Crippen LogP contribution < -0.4 is 10.1 Å². The molecule has 0 aromatic heterocycles. The van der Waals surface area contributed by atoms with Crippen LogP contribution in [-0.4, -0.2) is 30.0 Å². The maximum atomic E-state index is 13.0. The van der Waals surface area contributed by atoms with Crippen LogP contribution in [0.15, 0.2) is 60.8 Å². The molecule has 1 aliphatic rings. The van der Waals surface area contributed by atoms with E-state index >= 15 is 0 Å². The molecule has 5 nitrogen and oxygen atoms in total. The van der Waals surface area contributed by atoms with E-state index in [4.69, 9.17) is 4.74 Å². The molecule has 3 rings (SSSR count). The molecule has 0 radical (unpaired) electrons. The zero-order chi connectivity index (χ0) is 18.7. The maximum Gasteiger partial charge on any atom is 0.259 e. The second-order valence-corrected chi connectivity index (χ2v) is 6.51. The number of ether oxygens (including phenoxy) is 1. The highest BCUT2D eigenvalue weighted by Crippen LogP contribution is 2.26. The molecule has 1 heterocycles. The van der Waals surface area contributed by atoms with Gasteiger partial charge in [-0.2, -0.15) is 0 Å². The van der Waals surface area contributed by atoms with Crippen LogP contribution in [-0.2, 0) is 4.79 Å². The number of hydrogen-bond acceptors (Lipinski definition) is 3. The van der Waals surface area contributed by atoms with E-state index in [1.54, 1.807) is 42.5 Å². The van der Waals surface area contributed by atoms with Crippen molar-refractivity contribution in [3.8, 4) is 5.75 Å². The molecule has 0 fully saturated rings. The first-order valence-corrected chi connectivity index (χ1v) is 8.56. The Morgan fingerprint density at radius 2 is 1.73 bits per heavy atom. The smallest absolute Gasteiger partial charge is 0.259 e. The number of amides is 2. The van der Waals surface area contributed by atoms with E-state index in [2.05, 4.69) is 5.32 Å². The number of nitrogens with one attached hydrogen (secondary N) is 1. The Morgan fingerprint density at radius 3 is 2.31 bits per heavy atom. The minimum atomic E-state index is -0.391. The quantitative estimate of drug-likeness (QED) is 0.920. The fourth-order valence-electron chi connectivity index (χ4n) is 2.94. The minimum Gasteiger partial charge on any atom is -0.497 e. The Bertz CT molecular complexity index is 826. The largest absolute Gasteiger partial charge is 0.497 e. The van der Waals surface area contributed by atoms with Gasteiger partial charge in [0.1, 0.15) is 11.9 Å². The number of carbonyl (C=O) groups excluding carboxylic acids is 2. The number of rotatable bonds is 4. The summed E-state index contributed by atoms with van der Waals surface area (Å²) in [5, 5.41) is 2.96. The number of nitrogens with zero attached hydrogens (tertiary/aromatic N) is 1. The lowest BCUT2D eigenvalue weighted by atomic mass is 10.00. The van der Waals surface area contributed by atoms with Gasteiger partial charge in [-0.15, -0.1) is 0 Å². The molecule has 0 saturated carbocycles. The average Bonchev–Trinajstić information content (AvgIpc) is 2.68. The molecule has 134 valence electrons. The molecule has 2 amide bonds. The van der Waals surface area contributed by atoms with Crippen molar-refractivity contribution in [1.82, 2.24) is 10.2 Å². The number of hydrogen-bond donors (Lipinski definition) is 1. The van der Waals surface area contributed by atoms with E-state index in [0.717, 1.165) is 5.56 Å². The van der Waals surface area contributed by atoms with Gasteiger partial charge in [-0.3, -0.25) is 14.5 Å². The lowest BCUT2D eigenvalue weighted by Gasteiger charge is -2.36. The van der Waals surface area contributed by atoms with Gasteiger partial charge < -0.3 is 10.1 Å². The van der Waals surface area contributed by atoms with Gasteiger partial charge in [0.2, 0.25) is 0 Å². The van der Waals surface area contributed by atoms with Crippen molar-refractivity contribution in [2.24, 2.45) is 5.92 Å². The summed E-state index contributed by atoms with van der Waals surface area (Å²) in [5.74, 6) is 0.449. The fraction of sp³-hybridized carbons (Fsp3) is 0.238. The summed E-state index contributed by atoms with van der Waals surface area (Å²) in [6.45, 7) is 3.95. The molecule has 2 aromatic carbocycles. The molecule has 1 atom stereocenters. The van der Waals surface area contributed by atoms with E-state index in [9.17, 15) is 9.59 Å². The first kappa shape index (κ1) is 17.7. The van der Waals surface area contributed by atoms with Gasteiger partial charge in [0.15, 0.2) is 0 Å². The number of methoxy groups -OCH3 is 1. The van der Waals surface area contributed by atoms with E-state index in [0.29, 0.717) is 16.9 Å². The molecule has 2 aromatic rings. The molecule has 1 N–H and O–H groups in total. The summed E-state index contributed by atoms with van der Waals surface area (Å²) < 4.78 is 5.16. The molecule has 0 spiro atoms. The molecular weight excluding hydrogens is 328 g/mol. The SMILES string of the molecule is COc1ccc(C2=CN(C(=O)c3ccccc3)[C@@H](C(C)C)NC2=O)cc1. The lowest BCUT2D eigenvalue weighted by Crippen LogP contribution is -2.54. The van der Waals surface area contributed by atoms with Crippen molar-refractivity contribution in [2.45, 2.75) is 20.0 Å². The van der Waals surface area contributed by atoms with Crippen molar-refractivity contribution in [1.29, 1.82) is 0 Å². The van der Waals surface area contributed by atoms with Crippen LogP contribution >= 0.6 is 0 Å². The monoisotopic (exact) mass is 350 g/mol. The van der Waals surface area contributed by atoms with Crippen molar-refractivity contribution < 1.29 is 14.3 Å². The van der Waals surface area contributed by atoms with Crippen LogP contribution in [0, 0.1) is 5.92 Å². The maximum absolute atomic E-state index is 13.0. The summed E-state index contributed by atoms with van der Waals surface area (Å²) in [5.41, 5.74) is 1.77. The number of carbonyl (C=O) groups is 2. The molecule has 0 saturated heterocycles. The third-order valence-electron chi connectivity index (χ3n) is 4.38. The molecule has 0 unspecified atom stereocenters. The summed E-state index contributed by atoms with van der Waals surface area (Å²) in [4.78, 5) is 27.2. The van der Waals surface area contributed by atoms with Gasteiger partial charge >= 0.3 is 0 Å². The van der Waals surface area contributed by atoms with Crippen LogP contribution in [0.1, 0.15) is 29.8 Å². The standard InChI is InChI=1S/C21H22N2O3/c1-14(2)19-22-20(24)18(15-9-11-17(26-3)12-10-15)13-23(19)21(25)16-7-5-4-6-8-16/h4-14,19H,1-3H3,(H,22,24)/t19-/m0/s1. The highest BCUT2D eigenvalue weighted by molar-refractivity contribution is 6.21. The van der Waals surface area contributed by atoms with Gasteiger partial charge in [0.05, 0.1) is 12.7 Å². The Balaban J connectivity index is 2.01. The molecule has 0 aliphatic carbocycles. The molecular formula is C21H22N2O3. The second-order valence-electron chi connectivity index (χ2n) is 6.51. The summed E-state index contributed by atoms with van der Waals surface area (Å²) >= 11 is 0. The van der Waals surface area contributed by atoms with Gasteiger partial charge in [0, 0.05) is 11.8 Å². The number of benzene rings is 2. The van der Waals surface area contributed by atoms with Gasteiger partial charge in [-0.05, 0) is 35.7 Å². The van der Waals surface area contributed by atoms with Crippen LogP contribution in [0.25, 0.3) is 5.57 Å². The average molecular weight is 350 g/mol. The Hall–Kier alpha value is -3.08. The lowest BCUT2D eigenvalue weighted by molar-refractivity contribution is -0.118. The van der Waals surface area contributed by atoms with E-state index in [1.807, 2.05) is 44.2 Å². The van der Waals surface area contributed by atoms with E-state index in [1.165, 1.54) is 0 Å². The summed E-state index contributed by atoms with van der Waals surface area (Å²) in [6.07, 6.45) is 1.26. The fourth-order valence-corrected chi connectivity index (χ4v) is 2.94. The van der Waals surface area contributed by atoms with Crippen molar-refractivity contribution in [3.05, 3.63) is 71.9 Å². The Labute approximate surface area is 153 Å². The third kappa shape index (κ3) is 3.47. The predicted octanol–water partition coefficient (Wildman–Crippen LogP) is 3.29. The van der Waals surface area contributed by atoms with E-state index < -0.39 is 6.17 Å². The van der Waals surface area contributed by atoms with Gasteiger partial charge in [-0.1, -0.05) is 44.2 Å². The first-order valence-electron chi connectivity index (χ1n) is 8.56. The van der Waals surface area contributed by atoms with Crippen LogP contribution in [0.3, 0.4) is 0 Å². The normalized spacial score (nSPS) is 16.9. The molecule has 1 aliphatic heterocycles. The molecule has 26 heavy (non-hydrogen) atoms. The van der Waals surface area contributed by atoms with Gasteiger partial charge in [0.25, 0.3) is 11.8 Å². The minimum absolute atomic E-state index is 0.0697. The first-order chi connectivity index (χ1) is 12.5. The topological polar surface area (TPSA) is 58.6 Å². The van der Waals surface area contributed by atoms with Crippen molar-refractivity contribution in [3.63, 3.8) is 0 Å². The van der Waals surface area contributed by atoms with Crippen LogP contribution in [0.5, 0.6) is 5.75 Å². The van der Waals surface area contributed by atoms with E-state index in [-0.39, 0.29) is 17.7 Å². The Morgan fingerprint density at radius 1 is 1.08 bits per heavy atom. The van der Waals surface area contributed by atoms with Crippen molar-refractivity contribution in [2.75, 3.05) is 7.11 Å². The highest BCUT2D eigenvalue weighted by Gasteiger charge is 2.33. The predicted molar refractivity (Wildman–Crippen MR) is 100 cm³/mol. The van der Waals surface area contributed by atoms with Crippen LogP contribution in [0.2, 0.25) is 0 Å². The van der Waals surface area contributed by atoms with Crippen molar-refractivity contribution >= 4 is 17.4 Å². The van der Waals surface area contributed by atoms with Crippen LogP contribution in [0.4, 0.5) is 0 Å². The molecule has 5 heteroatoms. The zero-order valence-corrected chi connectivity index (χ0v) is 15.1. The summed E-state index contributed by atoms with van der Waals surface area (Å²) in [6, 6.07) is 16.3.